The lowest BCUT2D eigenvalue weighted by Crippen LogP contribution is -2.36. The molecular formula is C28H24FNO3. The maximum Gasteiger partial charge on any atom is 0.338 e. The van der Waals surface area contributed by atoms with Gasteiger partial charge in [0.25, 0.3) is 0 Å². The van der Waals surface area contributed by atoms with E-state index in [2.05, 4.69) is 35.6 Å². The van der Waals surface area contributed by atoms with E-state index in [4.69, 9.17) is 4.74 Å². The number of hydrogen-bond acceptors (Lipinski definition) is 3. The Kier molecular flexibility index (Phi) is 5.80. The number of carboxylic acid groups (broad SMARTS) is 1. The van der Waals surface area contributed by atoms with Crippen LogP contribution in [0.3, 0.4) is 0 Å². The lowest BCUT2D eigenvalue weighted by atomic mass is 9.83. The SMILES string of the molecule is O=C(O)c1cccc(C2CC(CNCc3cccc4ccccc34)Oc3ccccc32)c1F. The van der Waals surface area contributed by atoms with Crippen LogP contribution < -0.4 is 10.1 Å². The van der Waals surface area contributed by atoms with Crippen molar-refractivity contribution in [2.24, 2.45) is 0 Å². The summed E-state index contributed by atoms with van der Waals surface area (Å²) in [5, 5.41) is 15.3. The van der Waals surface area contributed by atoms with Gasteiger partial charge in [0.2, 0.25) is 0 Å². The second-order valence-electron chi connectivity index (χ2n) is 8.35. The molecule has 4 aromatic rings. The highest BCUT2D eigenvalue weighted by molar-refractivity contribution is 5.88. The van der Waals surface area contributed by atoms with Gasteiger partial charge >= 0.3 is 5.97 Å². The van der Waals surface area contributed by atoms with Gasteiger partial charge in [-0.2, -0.15) is 0 Å². The lowest BCUT2D eigenvalue weighted by Gasteiger charge is -2.33. The summed E-state index contributed by atoms with van der Waals surface area (Å²) in [7, 11) is 0. The standard InChI is InChI=1S/C28H24FNO3/c29-27-23(12-6-13-24(27)28(31)32)25-15-20(33-26-14-4-3-11-22(25)26)17-30-16-19-9-5-8-18-7-1-2-10-21(18)19/h1-14,20,25,30H,15-17H2,(H,31,32). The van der Waals surface area contributed by atoms with E-state index in [1.165, 1.54) is 22.4 Å². The molecule has 0 aliphatic carbocycles. The van der Waals surface area contributed by atoms with Crippen LogP contribution in [0, 0.1) is 5.82 Å². The first kappa shape index (κ1) is 21.2. The normalized spacial score (nSPS) is 17.4. The summed E-state index contributed by atoms with van der Waals surface area (Å²) in [6.07, 6.45) is 0.382. The van der Waals surface area contributed by atoms with E-state index in [9.17, 15) is 9.90 Å². The van der Waals surface area contributed by atoms with E-state index in [-0.39, 0.29) is 17.6 Å². The van der Waals surface area contributed by atoms with Crippen molar-refractivity contribution in [3.8, 4) is 5.75 Å². The first-order valence-electron chi connectivity index (χ1n) is 11.1. The summed E-state index contributed by atoms with van der Waals surface area (Å²) >= 11 is 0. The largest absolute Gasteiger partial charge is 0.489 e. The highest BCUT2D eigenvalue weighted by Gasteiger charge is 2.31. The smallest absolute Gasteiger partial charge is 0.338 e. The number of ether oxygens (including phenoxy) is 1. The zero-order chi connectivity index (χ0) is 22.8. The lowest BCUT2D eigenvalue weighted by molar-refractivity contribution is 0.0691. The number of halogens is 1. The molecule has 0 saturated heterocycles. The number of carboxylic acids is 1. The fraction of sp³-hybridized carbons (Fsp3) is 0.179. The van der Waals surface area contributed by atoms with Crippen LogP contribution in [0.2, 0.25) is 0 Å². The Bertz CT molecular complexity index is 1310. The third-order valence-corrected chi connectivity index (χ3v) is 6.29. The predicted octanol–water partition coefficient (Wildman–Crippen LogP) is 5.75. The quantitative estimate of drug-likeness (QED) is 0.400. The third-order valence-electron chi connectivity index (χ3n) is 6.29. The van der Waals surface area contributed by atoms with Crippen LogP contribution in [0.15, 0.2) is 84.9 Å². The summed E-state index contributed by atoms with van der Waals surface area (Å²) < 4.78 is 21.3. The maximum atomic E-state index is 15.1. The fourth-order valence-corrected chi connectivity index (χ4v) is 4.71. The third kappa shape index (κ3) is 4.20. The van der Waals surface area contributed by atoms with Gasteiger partial charge in [-0.05, 0) is 40.5 Å². The van der Waals surface area contributed by atoms with Crippen LogP contribution in [0.5, 0.6) is 5.75 Å². The first-order valence-corrected chi connectivity index (χ1v) is 11.1. The van der Waals surface area contributed by atoms with Crippen molar-refractivity contribution < 1.29 is 19.0 Å². The van der Waals surface area contributed by atoms with Crippen LogP contribution in [-0.2, 0) is 6.54 Å². The molecule has 0 amide bonds. The van der Waals surface area contributed by atoms with Crippen molar-refractivity contribution in [3.63, 3.8) is 0 Å². The minimum atomic E-state index is -1.26. The minimum absolute atomic E-state index is 0.173. The maximum absolute atomic E-state index is 15.1. The highest BCUT2D eigenvalue weighted by Crippen LogP contribution is 2.41. The Hall–Kier alpha value is -3.70. The van der Waals surface area contributed by atoms with Crippen LogP contribution >= 0.6 is 0 Å². The van der Waals surface area contributed by atoms with Crippen LogP contribution in [0.4, 0.5) is 4.39 Å². The molecular weight excluding hydrogens is 417 g/mol. The van der Waals surface area contributed by atoms with Gasteiger partial charge in [-0.25, -0.2) is 9.18 Å². The molecule has 1 aliphatic heterocycles. The summed E-state index contributed by atoms with van der Waals surface area (Å²) in [6, 6.07) is 26.7. The van der Waals surface area contributed by atoms with Crippen molar-refractivity contribution in [3.05, 3.63) is 113 Å². The summed E-state index contributed by atoms with van der Waals surface area (Å²) in [4.78, 5) is 11.5. The molecule has 166 valence electrons. The van der Waals surface area contributed by atoms with E-state index in [0.29, 0.717) is 30.8 Å². The van der Waals surface area contributed by atoms with Crippen molar-refractivity contribution in [2.45, 2.75) is 25.0 Å². The zero-order valence-corrected chi connectivity index (χ0v) is 18.0. The number of benzene rings is 4. The van der Waals surface area contributed by atoms with Crippen LogP contribution in [0.1, 0.15) is 39.4 Å². The van der Waals surface area contributed by atoms with Gasteiger partial charge in [0.1, 0.15) is 17.7 Å². The second-order valence-corrected chi connectivity index (χ2v) is 8.35. The topological polar surface area (TPSA) is 58.6 Å². The average Bonchev–Trinajstić information content (AvgIpc) is 2.84. The molecule has 1 heterocycles. The number of para-hydroxylation sites is 1. The molecule has 2 atom stereocenters. The van der Waals surface area contributed by atoms with E-state index in [0.717, 1.165) is 5.56 Å². The van der Waals surface area contributed by atoms with Crippen molar-refractivity contribution in [1.29, 1.82) is 0 Å². The van der Waals surface area contributed by atoms with Crippen LogP contribution in [-0.4, -0.2) is 23.7 Å². The van der Waals surface area contributed by atoms with Crippen molar-refractivity contribution >= 4 is 16.7 Å². The van der Waals surface area contributed by atoms with Gasteiger partial charge < -0.3 is 15.2 Å². The fourth-order valence-electron chi connectivity index (χ4n) is 4.71. The molecule has 2 N–H and O–H groups in total. The molecule has 0 bridgehead atoms. The Labute approximate surface area is 191 Å². The Morgan fingerprint density at radius 2 is 1.67 bits per heavy atom. The van der Waals surface area contributed by atoms with E-state index >= 15 is 4.39 Å². The molecule has 33 heavy (non-hydrogen) atoms. The number of nitrogens with one attached hydrogen (secondary N) is 1. The van der Waals surface area contributed by atoms with Gasteiger partial charge in [-0.15, -0.1) is 0 Å². The van der Waals surface area contributed by atoms with Gasteiger partial charge in [-0.3, -0.25) is 0 Å². The van der Waals surface area contributed by atoms with Gasteiger partial charge in [0.05, 0.1) is 5.56 Å². The van der Waals surface area contributed by atoms with Crippen molar-refractivity contribution in [2.75, 3.05) is 6.54 Å². The molecule has 1 aliphatic rings. The Morgan fingerprint density at radius 1 is 0.939 bits per heavy atom. The molecule has 0 fully saturated rings. The minimum Gasteiger partial charge on any atom is -0.489 e. The van der Waals surface area contributed by atoms with Gasteiger partial charge in [0.15, 0.2) is 0 Å². The summed E-state index contributed by atoms with van der Waals surface area (Å²) in [5.41, 5.74) is 2.18. The Morgan fingerprint density at radius 3 is 2.55 bits per heavy atom. The number of fused-ring (bicyclic) bond motifs is 2. The monoisotopic (exact) mass is 441 g/mol. The molecule has 0 spiro atoms. The molecule has 5 rings (SSSR count). The molecule has 2 unspecified atom stereocenters. The molecule has 5 heteroatoms. The van der Waals surface area contributed by atoms with Gasteiger partial charge in [-0.1, -0.05) is 72.8 Å². The Balaban J connectivity index is 1.37. The highest BCUT2D eigenvalue weighted by atomic mass is 19.1. The van der Waals surface area contributed by atoms with Crippen molar-refractivity contribution in [1.82, 2.24) is 5.32 Å². The van der Waals surface area contributed by atoms with E-state index in [1.54, 1.807) is 12.1 Å². The molecule has 0 aromatic heterocycles. The average molecular weight is 442 g/mol. The number of aromatic carboxylic acids is 1. The van der Waals surface area contributed by atoms with Gasteiger partial charge in [0, 0.05) is 24.6 Å². The zero-order valence-electron chi connectivity index (χ0n) is 18.0. The second kappa shape index (κ2) is 9.04. The predicted molar refractivity (Wildman–Crippen MR) is 126 cm³/mol. The van der Waals surface area contributed by atoms with E-state index < -0.39 is 11.8 Å². The summed E-state index contributed by atoms with van der Waals surface area (Å²) in [5.74, 6) is -1.50. The number of carbonyl (C=O) groups is 1. The summed E-state index contributed by atoms with van der Waals surface area (Å²) in [6.45, 7) is 1.28. The molecule has 4 nitrogen and oxygen atoms in total. The van der Waals surface area contributed by atoms with Crippen LogP contribution in [0.25, 0.3) is 10.8 Å². The number of rotatable bonds is 6. The number of hydrogen-bond donors (Lipinski definition) is 2. The molecule has 0 saturated carbocycles. The first-order chi connectivity index (χ1) is 16.1. The molecule has 0 radical (unpaired) electrons. The van der Waals surface area contributed by atoms with E-state index in [1.807, 2.05) is 36.4 Å². The molecule has 4 aromatic carbocycles.